The lowest BCUT2D eigenvalue weighted by atomic mass is 9.97. The molecule has 1 aromatic carbocycles. The van der Waals surface area contributed by atoms with Crippen LogP contribution in [0.25, 0.3) is 4.85 Å². The van der Waals surface area contributed by atoms with Gasteiger partial charge in [0.15, 0.2) is 0 Å². The first kappa shape index (κ1) is 13.2. The number of halogens is 2. The van der Waals surface area contributed by atoms with Crippen molar-refractivity contribution >= 4 is 29.2 Å². The van der Waals surface area contributed by atoms with E-state index in [4.69, 9.17) is 34.5 Å². The van der Waals surface area contributed by atoms with Crippen LogP contribution in [0.1, 0.15) is 18.1 Å². The first-order valence-electron chi connectivity index (χ1n) is 5.58. The number of rotatable bonds is 2. The molecule has 2 rings (SSSR count). The lowest BCUT2D eigenvalue weighted by Crippen LogP contribution is -2.37. The van der Waals surface area contributed by atoms with Gasteiger partial charge in [-0.25, -0.2) is 4.79 Å². The minimum atomic E-state index is -1.04. The first-order chi connectivity index (χ1) is 8.52. The van der Waals surface area contributed by atoms with Crippen LogP contribution in [0.3, 0.4) is 0 Å². The zero-order valence-electron chi connectivity index (χ0n) is 9.87. The SMILES string of the molecule is C#[N+]C1(C(=O)OCC)Cc2cc(Cl)c(Cl)cc2C1. The van der Waals surface area contributed by atoms with E-state index in [0.29, 0.717) is 29.5 Å². The third kappa shape index (κ3) is 2.07. The van der Waals surface area contributed by atoms with E-state index >= 15 is 0 Å². The Morgan fingerprint density at radius 3 is 2.28 bits per heavy atom. The van der Waals surface area contributed by atoms with Crippen LogP contribution in [0.4, 0.5) is 0 Å². The molecule has 0 radical (unpaired) electrons. The van der Waals surface area contributed by atoms with Crippen molar-refractivity contribution in [3.05, 3.63) is 38.1 Å². The van der Waals surface area contributed by atoms with Crippen LogP contribution in [0.5, 0.6) is 0 Å². The van der Waals surface area contributed by atoms with Crippen LogP contribution in [0.15, 0.2) is 12.1 Å². The number of ether oxygens (including phenoxy) is 1. The molecule has 0 spiro atoms. The summed E-state index contributed by atoms with van der Waals surface area (Å²) in [6.45, 7) is 7.46. The molecule has 0 bridgehead atoms. The molecule has 3 nitrogen and oxygen atoms in total. The van der Waals surface area contributed by atoms with Gasteiger partial charge in [0.2, 0.25) is 0 Å². The van der Waals surface area contributed by atoms with E-state index in [1.165, 1.54) is 0 Å². The summed E-state index contributed by atoms with van der Waals surface area (Å²) >= 11 is 11.9. The van der Waals surface area contributed by atoms with E-state index < -0.39 is 11.5 Å². The molecule has 0 N–H and O–H groups in total. The molecule has 0 saturated carbocycles. The Hall–Kier alpha value is -1.24. The number of hydrogen-bond acceptors (Lipinski definition) is 2. The minimum Gasteiger partial charge on any atom is -0.460 e. The van der Waals surface area contributed by atoms with Gasteiger partial charge >= 0.3 is 11.5 Å². The van der Waals surface area contributed by atoms with E-state index in [1.54, 1.807) is 19.1 Å². The molecular weight excluding hydrogens is 273 g/mol. The predicted octanol–water partition coefficient (Wildman–Crippen LogP) is 3.36. The second kappa shape index (κ2) is 4.79. The highest BCUT2D eigenvalue weighted by Crippen LogP contribution is 2.38. The smallest absolute Gasteiger partial charge is 0.398 e. The Bertz CT molecular complexity index is 518. The lowest BCUT2D eigenvalue weighted by Gasteiger charge is -2.09. The first-order valence-corrected chi connectivity index (χ1v) is 6.34. The van der Waals surface area contributed by atoms with Crippen molar-refractivity contribution in [3.8, 4) is 6.57 Å². The quantitative estimate of drug-likeness (QED) is 0.780. The summed E-state index contributed by atoms with van der Waals surface area (Å²) in [6.07, 6.45) is 0.795. The second-order valence-electron chi connectivity index (χ2n) is 4.27. The van der Waals surface area contributed by atoms with Gasteiger partial charge in [-0.15, -0.1) is 0 Å². The van der Waals surface area contributed by atoms with E-state index in [9.17, 15) is 4.79 Å². The van der Waals surface area contributed by atoms with Crippen LogP contribution in [0.2, 0.25) is 10.0 Å². The van der Waals surface area contributed by atoms with E-state index in [0.717, 1.165) is 11.1 Å². The fourth-order valence-electron chi connectivity index (χ4n) is 2.20. The van der Waals surface area contributed by atoms with Gasteiger partial charge < -0.3 is 4.74 Å². The van der Waals surface area contributed by atoms with Gasteiger partial charge in [0, 0.05) is 0 Å². The third-order valence-corrected chi connectivity index (χ3v) is 3.83. The summed E-state index contributed by atoms with van der Waals surface area (Å²) < 4.78 is 5.03. The second-order valence-corrected chi connectivity index (χ2v) is 5.08. The maximum Gasteiger partial charge on any atom is 0.398 e. The fourth-order valence-corrected chi connectivity index (χ4v) is 2.58. The van der Waals surface area contributed by atoms with Crippen molar-refractivity contribution in [1.29, 1.82) is 0 Å². The molecule has 0 fully saturated rings. The summed E-state index contributed by atoms with van der Waals surface area (Å²) in [5, 5.41) is 0.930. The van der Waals surface area contributed by atoms with Crippen LogP contribution in [-0.4, -0.2) is 18.1 Å². The minimum absolute atomic E-state index is 0.300. The van der Waals surface area contributed by atoms with Crippen molar-refractivity contribution in [2.24, 2.45) is 0 Å². The molecule has 1 aliphatic carbocycles. The van der Waals surface area contributed by atoms with E-state index in [2.05, 4.69) is 4.85 Å². The van der Waals surface area contributed by atoms with Gasteiger partial charge in [-0.2, -0.15) is 0 Å². The van der Waals surface area contributed by atoms with E-state index in [1.807, 2.05) is 0 Å². The normalized spacial score (nSPS) is 15.9. The molecule has 5 heteroatoms. The molecule has 1 aliphatic rings. The van der Waals surface area contributed by atoms with Gasteiger partial charge in [0.25, 0.3) is 6.57 Å². The Balaban J connectivity index is 2.37. The maximum atomic E-state index is 12.0. The maximum absolute atomic E-state index is 12.0. The molecule has 0 atom stereocenters. The molecule has 0 aromatic heterocycles. The third-order valence-electron chi connectivity index (χ3n) is 3.11. The summed E-state index contributed by atoms with van der Waals surface area (Å²) in [5.74, 6) is -0.407. The molecule has 0 heterocycles. The molecule has 94 valence electrons. The van der Waals surface area contributed by atoms with Crippen molar-refractivity contribution < 1.29 is 9.53 Å². The van der Waals surface area contributed by atoms with Gasteiger partial charge in [0.05, 0.1) is 29.5 Å². The van der Waals surface area contributed by atoms with Crippen LogP contribution < -0.4 is 0 Å². The Morgan fingerprint density at radius 1 is 1.39 bits per heavy atom. The molecule has 0 amide bonds. The number of esters is 1. The van der Waals surface area contributed by atoms with Crippen LogP contribution >= 0.6 is 23.2 Å². The topological polar surface area (TPSA) is 30.7 Å². The number of nitrogens with zero attached hydrogens (tertiary/aromatic N) is 1. The largest absolute Gasteiger partial charge is 0.460 e. The van der Waals surface area contributed by atoms with E-state index in [-0.39, 0.29) is 0 Å². The highest BCUT2D eigenvalue weighted by atomic mass is 35.5. The number of benzene rings is 1. The van der Waals surface area contributed by atoms with Crippen LogP contribution in [0, 0.1) is 6.57 Å². The number of hydrogen-bond donors (Lipinski definition) is 0. The van der Waals surface area contributed by atoms with Crippen LogP contribution in [-0.2, 0) is 22.4 Å². The Labute approximate surface area is 115 Å². The predicted molar refractivity (Wildman–Crippen MR) is 71.5 cm³/mol. The van der Waals surface area contributed by atoms with Crippen molar-refractivity contribution in [3.63, 3.8) is 0 Å². The fraction of sp³-hybridized carbons (Fsp3) is 0.385. The van der Waals surface area contributed by atoms with Crippen molar-refractivity contribution in [2.75, 3.05) is 6.61 Å². The Kier molecular flexibility index (Phi) is 3.52. The molecular formula is C13H12Cl2NO2+. The van der Waals surface area contributed by atoms with Gasteiger partial charge in [-0.3, -0.25) is 0 Å². The molecule has 0 saturated heterocycles. The molecule has 18 heavy (non-hydrogen) atoms. The zero-order chi connectivity index (χ0) is 13.3. The summed E-state index contributed by atoms with van der Waals surface area (Å²) in [4.78, 5) is 15.7. The zero-order valence-corrected chi connectivity index (χ0v) is 11.4. The number of fused-ring (bicyclic) bond motifs is 1. The summed E-state index contributed by atoms with van der Waals surface area (Å²) in [6, 6.07) is 3.51. The monoisotopic (exact) mass is 284 g/mol. The summed E-state index contributed by atoms with van der Waals surface area (Å²) in [5.41, 5.74) is 0.838. The average Bonchev–Trinajstić information content (AvgIpc) is 2.69. The number of carbonyl (C=O) groups is 1. The highest BCUT2D eigenvalue weighted by Gasteiger charge is 2.55. The standard InChI is InChI=1S/C13H12Cl2NO2/c1-3-18-12(17)13(16-2)6-8-4-10(14)11(15)5-9(8)7-13/h2,4-5H,3,6-7H2,1H3/q+1. The Morgan fingerprint density at radius 2 is 1.89 bits per heavy atom. The van der Waals surface area contributed by atoms with Gasteiger partial charge in [0.1, 0.15) is 0 Å². The van der Waals surface area contributed by atoms with Gasteiger partial charge in [-0.05, 0) is 30.2 Å². The summed E-state index contributed by atoms with van der Waals surface area (Å²) in [7, 11) is 0. The lowest BCUT2D eigenvalue weighted by molar-refractivity contribution is -0.147. The highest BCUT2D eigenvalue weighted by molar-refractivity contribution is 6.42. The average molecular weight is 285 g/mol. The molecule has 0 aliphatic heterocycles. The molecule has 1 aromatic rings. The van der Waals surface area contributed by atoms with Crippen molar-refractivity contribution in [2.45, 2.75) is 25.3 Å². The number of carbonyl (C=O) groups excluding carboxylic acids is 1. The molecule has 0 unspecified atom stereocenters. The van der Waals surface area contributed by atoms with Gasteiger partial charge in [-0.1, -0.05) is 28.0 Å². The van der Waals surface area contributed by atoms with Crippen molar-refractivity contribution in [1.82, 2.24) is 0 Å².